The van der Waals surface area contributed by atoms with Gasteiger partial charge in [-0.15, -0.1) is 33.4 Å². The van der Waals surface area contributed by atoms with Crippen molar-refractivity contribution in [2.75, 3.05) is 5.75 Å². The summed E-state index contributed by atoms with van der Waals surface area (Å²) in [6.45, 7) is 0. The van der Waals surface area contributed by atoms with Gasteiger partial charge in [-0.05, 0) is 18.6 Å². The van der Waals surface area contributed by atoms with Crippen molar-refractivity contribution < 1.29 is 0 Å². The van der Waals surface area contributed by atoms with E-state index in [1.54, 1.807) is 23.1 Å². The van der Waals surface area contributed by atoms with Crippen molar-refractivity contribution in [1.82, 2.24) is 14.6 Å². The van der Waals surface area contributed by atoms with Crippen molar-refractivity contribution in [3.8, 4) is 0 Å². The zero-order chi connectivity index (χ0) is 13.0. The van der Waals surface area contributed by atoms with Gasteiger partial charge in [0.05, 0.1) is 10.2 Å². The Labute approximate surface area is 127 Å². The fraction of sp³-hybridized carbons (Fsp3) is 0.333. The van der Waals surface area contributed by atoms with Crippen LogP contribution in [0.5, 0.6) is 0 Å². The van der Waals surface area contributed by atoms with E-state index in [-0.39, 0.29) is 0 Å². The molecule has 3 nitrogen and oxygen atoms in total. The Morgan fingerprint density at radius 1 is 1.37 bits per heavy atom. The molecule has 0 N–H and O–H groups in total. The monoisotopic (exact) mass is 329 g/mol. The number of rotatable bonds is 3. The fourth-order valence-electron chi connectivity index (χ4n) is 2.07. The molecular weight excluding hydrogens is 321 g/mol. The number of para-hydroxylation sites is 1. The van der Waals surface area contributed by atoms with E-state index >= 15 is 0 Å². The first-order chi connectivity index (χ1) is 9.15. The van der Waals surface area contributed by atoms with Crippen molar-refractivity contribution in [2.45, 2.75) is 15.9 Å². The molecule has 98 valence electrons. The van der Waals surface area contributed by atoms with E-state index in [0.717, 1.165) is 27.8 Å². The van der Waals surface area contributed by atoms with Crippen LogP contribution in [0.3, 0.4) is 0 Å². The number of benzene rings is 1. The van der Waals surface area contributed by atoms with Crippen LogP contribution in [-0.4, -0.2) is 24.7 Å². The van der Waals surface area contributed by atoms with Crippen LogP contribution in [0.25, 0.3) is 15.2 Å². The molecule has 0 radical (unpaired) electrons. The maximum atomic E-state index is 6.05. The Morgan fingerprint density at radius 3 is 2.95 bits per heavy atom. The fourth-order valence-corrected chi connectivity index (χ4v) is 4.97. The van der Waals surface area contributed by atoms with Gasteiger partial charge in [0.2, 0.25) is 4.96 Å². The minimum atomic E-state index is -0.520. The largest absolute Gasteiger partial charge is 0.260 e. The molecule has 0 amide bonds. The van der Waals surface area contributed by atoms with Gasteiger partial charge in [0, 0.05) is 11.7 Å². The standard InChI is InChI=1S/C12H9Cl2N3S2/c13-12(14)5-7(12)6-18-10-15-16-11-17(10)8-3-1-2-4-9(8)19-11/h1-4,7H,5-6H2. The molecule has 1 aromatic carbocycles. The number of aromatic nitrogens is 3. The minimum Gasteiger partial charge on any atom is -0.260 e. The first kappa shape index (κ1) is 12.3. The molecule has 0 aliphatic heterocycles. The highest BCUT2D eigenvalue weighted by Gasteiger charge is 2.51. The second-order valence-electron chi connectivity index (χ2n) is 4.64. The van der Waals surface area contributed by atoms with Crippen molar-refractivity contribution in [1.29, 1.82) is 0 Å². The van der Waals surface area contributed by atoms with Crippen LogP contribution in [0.1, 0.15) is 6.42 Å². The summed E-state index contributed by atoms with van der Waals surface area (Å²) in [5, 5.41) is 9.41. The van der Waals surface area contributed by atoms with E-state index in [2.05, 4.69) is 26.7 Å². The van der Waals surface area contributed by atoms with E-state index in [1.807, 2.05) is 12.1 Å². The van der Waals surface area contributed by atoms with Crippen LogP contribution in [0.2, 0.25) is 0 Å². The number of hydrogen-bond acceptors (Lipinski definition) is 4. The molecule has 1 fully saturated rings. The smallest absolute Gasteiger partial charge is 0.217 e. The lowest BCUT2D eigenvalue weighted by Gasteiger charge is -1.99. The third-order valence-electron chi connectivity index (χ3n) is 3.28. The summed E-state index contributed by atoms with van der Waals surface area (Å²) in [5.74, 6) is 1.25. The predicted molar refractivity (Wildman–Crippen MR) is 81.6 cm³/mol. The van der Waals surface area contributed by atoms with Crippen LogP contribution in [0, 0.1) is 5.92 Å². The average Bonchev–Trinajstić information content (AvgIpc) is 2.77. The van der Waals surface area contributed by atoms with Gasteiger partial charge < -0.3 is 0 Å². The predicted octanol–water partition coefficient (Wildman–Crippen LogP) is 4.23. The van der Waals surface area contributed by atoms with Gasteiger partial charge >= 0.3 is 0 Å². The SMILES string of the molecule is ClC1(Cl)CC1CSc1nnc2sc3ccccc3n12. The maximum absolute atomic E-state index is 6.05. The van der Waals surface area contributed by atoms with Crippen LogP contribution in [-0.2, 0) is 0 Å². The van der Waals surface area contributed by atoms with Crippen LogP contribution >= 0.6 is 46.3 Å². The van der Waals surface area contributed by atoms with Gasteiger partial charge in [-0.25, -0.2) is 0 Å². The van der Waals surface area contributed by atoms with Crippen molar-refractivity contribution in [3.63, 3.8) is 0 Å². The molecule has 2 aromatic heterocycles. The Kier molecular flexibility index (Phi) is 2.74. The summed E-state index contributed by atoms with van der Waals surface area (Å²) in [4.78, 5) is 0.933. The van der Waals surface area contributed by atoms with Crippen LogP contribution in [0.4, 0.5) is 0 Å². The number of halogens is 2. The summed E-state index contributed by atoms with van der Waals surface area (Å²) in [7, 11) is 0. The van der Waals surface area contributed by atoms with Gasteiger partial charge in [0.1, 0.15) is 4.33 Å². The van der Waals surface area contributed by atoms with Crippen molar-refractivity contribution in [3.05, 3.63) is 24.3 Å². The third-order valence-corrected chi connectivity index (χ3v) is 6.31. The first-order valence-electron chi connectivity index (χ1n) is 5.88. The van der Waals surface area contributed by atoms with Gasteiger partial charge in [-0.1, -0.05) is 35.2 Å². The van der Waals surface area contributed by atoms with Gasteiger partial charge in [-0.3, -0.25) is 4.40 Å². The molecule has 1 atom stereocenters. The highest BCUT2D eigenvalue weighted by atomic mass is 35.5. The van der Waals surface area contributed by atoms with Crippen LogP contribution < -0.4 is 0 Å². The number of thioether (sulfide) groups is 1. The third kappa shape index (κ3) is 2.03. The zero-order valence-corrected chi connectivity index (χ0v) is 12.9. The molecule has 0 spiro atoms. The van der Waals surface area contributed by atoms with Gasteiger partial charge in [0.15, 0.2) is 5.16 Å². The number of alkyl halides is 2. The highest BCUT2D eigenvalue weighted by molar-refractivity contribution is 7.99. The van der Waals surface area contributed by atoms with Crippen LogP contribution in [0.15, 0.2) is 29.4 Å². The summed E-state index contributed by atoms with van der Waals surface area (Å²) >= 11 is 15.4. The molecule has 0 bridgehead atoms. The van der Waals surface area contributed by atoms with Gasteiger partial charge in [0.25, 0.3) is 0 Å². The Bertz CT molecular complexity index is 765. The molecule has 3 aromatic rings. The highest BCUT2D eigenvalue weighted by Crippen LogP contribution is 2.54. The Morgan fingerprint density at radius 2 is 2.16 bits per heavy atom. The number of hydrogen-bond donors (Lipinski definition) is 0. The van der Waals surface area contributed by atoms with E-state index in [4.69, 9.17) is 23.2 Å². The topological polar surface area (TPSA) is 30.2 Å². The number of thiazole rings is 1. The summed E-state index contributed by atoms with van der Waals surface area (Å²) in [6.07, 6.45) is 0.870. The first-order valence-corrected chi connectivity index (χ1v) is 8.44. The van der Waals surface area contributed by atoms with Crippen molar-refractivity contribution >= 4 is 61.5 Å². The van der Waals surface area contributed by atoms with E-state index in [0.29, 0.717) is 5.92 Å². The molecule has 19 heavy (non-hydrogen) atoms. The average molecular weight is 330 g/mol. The molecule has 1 aliphatic carbocycles. The molecule has 1 saturated carbocycles. The van der Waals surface area contributed by atoms with Gasteiger partial charge in [-0.2, -0.15) is 0 Å². The quantitative estimate of drug-likeness (QED) is 0.532. The summed E-state index contributed by atoms with van der Waals surface area (Å²) < 4.78 is 2.81. The van der Waals surface area contributed by atoms with E-state index < -0.39 is 4.33 Å². The lowest BCUT2D eigenvalue weighted by molar-refractivity contribution is 0.922. The zero-order valence-electron chi connectivity index (χ0n) is 9.72. The minimum absolute atomic E-state index is 0.359. The van der Waals surface area contributed by atoms with Crippen molar-refractivity contribution in [2.24, 2.45) is 5.92 Å². The number of nitrogens with zero attached hydrogens (tertiary/aromatic N) is 3. The lowest BCUT2D eigenvalue weighted by atomic mass is 10.3. The van der Waals surface area contributed by atoms with E-state index in [9.17, 15) is 0 Å². The maximum Gasteiger partial charge on any atom is 0.217 e. The Hall–Kier alpha value is -0.490. The lowest BCUT2D eigenvalue weighted by Crippen LogP contribution is -1.94. The second-order valence-corrected chi connectivity index (χ2v) is 8.18. The normalized spacial score (nSPS) is 21.3. The Balaban J connectivity index is 1.70. The molecule has 1 aliphatic rings. The molecule has 7 heteroatoms. The summed E-state index contributed by atoms with van der Waals surface area (Å²) in [5.41, 5.74) is 1.16. The number of fused-ring (bicyclic) bond motifs is 3. The summed E-state index contributed by atoms with van der Waals surface area (Å²) in [6, 6.07) is 8.27. The second kappa shape index (κ2) is 4.25. The molecular formula is C12H9Cl2N3S2. The molecule has 2 heterocycles. The molecule has 1 unspecified atom stereocenters. The van der Waals surface area contributed by atoms with E-state index in [1.165, 1.54) is 4.70 Å². The molecule has 0 saturated heterocycles. The molecule has 4 rings (SSSR count).